The van der Waals surface area contributed by atoms with Crippen LogP contribution in [0.25, 0.3) is 0 Å². The van der Waals surface area contributed by atoms with Crippen LogP contribution in [0.5, 0.6) is 11.5 Å². The first-order valence-corrected chi connectivity index (χ1v) is 7.28. The molecule has 0 atom stereocenters. The van der Waals surface area contributed by atoms with Crippen LogP contribution in [0, 0.1) is 17.0 Å². The Labute approximate surface area is 129 Å². The van der Waals surface area contributed by atoms with Crippen molar-refractivity contribution in [2.24, 2.45) is 0 Å². The van der Waals surface area contributed by atoms with Crippen molar-refractivity contribution in [1.82, 2.24) is 5.32 Å². The Hall–Kier alpha value is -2.61. The molecule has 114 valence electrons. The molecule has 1 aliphatic rings. The number of ether oxygens (including phenoxy) is 2. The van der Waals surface area contributed by atoms with Crippen LogP contribution >= 0.6 is 11.3 Å². The first-order valence-electron chi connectivity index (χ1n) is 6.46. The van der Waals surface area contributed by atoms with Gasteiger partial charge in [0, 0.05) is 12.6 Å². The second kappa shape index (κ2) is 5.64. The molecule has 0 saturated carbocycles. The van der Waals surface area contributed by atoms with Crippen molar-refractivity contribution in [3.8, 4) is 11.5 Å². The Kier molecular flexibility index (Phi) is 3.68. The lowest BCUT2D eigenvalue weighted by molar-refractivity contribution is -0.385. The van der Waals surface area contributed by atoms with E-state index in [0.29, 0.717) is 27.8 Å². The predicted molar refractivity (Wildman–Crippen MR) is 79.4 cm³/mol. The van der Waals surface area contributed by atoms with Crippen molar-refractivity contribution in [1.29, 1.82) is 0 Å². The van der Waals surface area contributed by atoms with Crippen LogP contribution < -0.4 is 14.8 Å². The minimum atomic E-state index is -0.486. The van der Waals surface area contributed by atoms with E-state index in [1.807, 2.05) is 6.07 Å². The van der Waals surface area contributed by atoms with Gasteiger partial charge in [-0.1, -0.05) is 6.07 Å². The highest BCUT2D eigenvalue weighted by atomic mass is 32.1. The first kappa shape index (κ1) is 14.3. The van der Waals surface area contributed by atoms with Crippen LogP contribution in [0.4, 0.5) is 5.69 Å². The minimum Gasteiger partial charge on any atom is -0.454 e. The van der Waals surface area contributed by atoms with Crippen molar-refractivity contribution in [3.05, 3.63) is 49.7 Å². The summed E-state index contributed by atoms with van der Waals surface area (Å²) in [4.78, 5) is 23.2. The summed E-state index contributed by atoms with van der Waals surface area (Å²) in [7, 11) is 0. The maximum absolute atomic E-state index is 12.1. The molecule has 0 fully saturated rings. The Morgan fingerprint density at radius 1 is 1.36 bits per heavy atom. The fraction of sp³-hybridized carbons (Fsp3) is 0.214. The Morgan fingerprint density at radius 3 is 2.86 bits per heavy atom. The molecule has 0 radical (unpaired) electrons. The normalized spacial score (nSPS) is 12.2. The highest BCUT2D eigenvalue weighted by molar-refractivity contribution is 7.14. The average molecular weight is 320 g/mol. The fourth-order valence-electron chi connectivity index (χ4n) is 2.09. The predicted octanol–water partition coefficient (Wildman–Crippen LogP) is 2.62. The molecule has 0 aliphatic carbocycles. The number of nitro groups is 1. The van der Waals surface area contributed by atoms with E-state index in [0.717, 1.165) is 16.9 Å². The number of benzene rings is 1. The van der Waals surface area contributed by atoms with Crippen LogP contribution in [0.2, 0.25) is 0 Å². The molecule has 8 heteroatoms. The Bertz CT molecular complexity index is 756. The third-order valence-corrected chi connectivity index (χ3v) is 4.24. The number of hydrogen-bond acceptors (Lipinski definition) is 6. The van der Waals surface area contributed by atoms with E-state index in [-0.39, 0.29) is 18.4 Å². The summed E-state index contributed by atoms with van der Waals surface area (Å²) in [5.74, 6) is 0.993. The summed E-state index contributed by atoms with van der Waals surface area (Å²) < 4.78 is 10.5. The molecule has 22 heavy (non-hydrogen) atoms. The summed E-state index contributed by atoms with van der Waals surface area (Å²) in [6, 6.07) is 6.71. The highest BCUT2D eigenvalue weighted by Gasteiger charge is 2.19. The first-order chi connectivity index (χ1) is 10.5. The lowest BCUT2D eigenvalue weighted by Crippen LogP contribution is -2.21. The standard InChI is InChI=1S/C14H12N2O5S/c1-8-10(16(18)19)5-13(22-8)14(17)15-6-9-2-3-11-12(4-9)21-7-20-11/h2-5H,6-7H2,1H3,(H,15,17). The molecule has 1 N–H and O–H groups in total. The Morgan fingerprint density at radius 2 is 2.14 bits per heavy atom. The third kappa shape index (κ3) is 2.73. The van der Waals surface area contributed by atoms with Crippen molar-refractivity contribution >= 4 is 22.9 Å². The lowest BCUT2D eigenvalue weighted by Gasteiger charge is -2.04. The van der Waals surface area contributed by atoms with E-state index in [2.05, 4.69) is 5.32 Å². The van der Waals surface area contributed by atoms with Crippen molar-refractivity contribution in [2.45, 2.75) is 13.5 Å². The van der Waals surface area contributed by atoms with E-state index in [4.69, 9.17) is 9.47 Å². The SMILES string of the molecule is Cc1sc(C(=O)NCc2ccc3c(c2)OCO3)cc1[N+](=O)[O-]. The molecule has 0 spiro atoms. The summed E-state index contributed by atoms with van der Waals surface area (Å²) >= 11 is 1.11. The number of rotatable bonds is 4. The Balaban J connectivity index is 1.67. The number of carbonyl (C=O) groups is 1. The largest absolute Gasteiger partial charge is 0.454 e. The second-order valence-corrected chi connectivity index (χ2v) is 5.94. The van der Waals surface area contributed by atoms with Gasteiger partial charge in [0.05, 0.1) is 14.7 Å². The topological polar surface area (TPSA) is 90.7 Å². The zero-order valence-electron chi connectivity index (χ0n) is 11.6. The molecule has 0 saturated heterocycles. The number of amides is 1. The maximum atomic E-state index is 12.1. The van der Waals surface area contributed by atoms with Gasteiger partial charge in [0.1, 0.15) is 0 Å². The summed E-state index contributed by atoms with van der Waals surface area (Å²) in [5.41, 5.74) is 0.832. The van der Waals surface area contributed by atoms with E-state index in [1.165, 1.54) is 6.07 Å². The van der Waals surface area contributed by atoms with Gasteiger partial charge in [0.25, 0.3) is 11.6 Å². The number of aryl methyl sites for hydroxylation is 1. The minimum absolute atomic E-state index is 0.0294. The van der Waals surface area contributed by atoms with Gasteiger partial charge in [-0.05, 0) is 24.6 Å². The van der Waals surface area contributed by atoms with Crippen molar-refractivity contribution < 1.29 is 19.2 Å². The number of carbonyl (C=O) groups excluding carboxylic acids is 1. The summed E-state index contributed by atoms with van der Waals surface area (Å²) in [6.07, 6.45) is 0. The van der Waals surface area contributed by atoms with Crippen molar-refractivity contribution in [2.75, 3.05) is 6.79 Å². The van der Waals surface area contributed by atoms with E-state index < -0.39 is 4.92 Å². The number of fused-ring (bicyclic) bond motifs is 1. The zero-order chi connectivity index (χ0) is 15.7. The highest BCUT2D eigenvalue weighted by Crippen LogP contribution is 2.32. The fourth-order valence-corrected chi connectivity index (χ4v) is 2.99. The number of nitrogens with one attached hydrogen (secondary N) is 1. The quantitative estimate of drug-likeness (QED) is 0.691. The molecule has 3 rings (SSSR count). The third-order valence-electron chi connectivity index (χ3n) is 3.20. The molecule has 0 bridgehead atoms. The number of thiophene rings is 1. The monoisotopic (exact) mass is 320 g/mol. The maximum Gasteiger partial charge on any atom is 0.283 e. The van der Waals surface area contributed by atoms with E-state index in [1.54, 1.807) is 19.1 Å². The molecule has 2 heterocycles. The van der Waals surface area contributed by atoms with Crippen molar-refractivity contribution in [3.63, 3.8) is 0 Å². The lowest BCUT2D eigenvalue weighted by atomic mass is 10.2. The smallest absolute Gasteiger partial charge is 0.283 e. The molecule has 1 aromatic carbocycles. The molecule has 1 amide bonds. The molecule has 7 nitrogen and oxygen atoms in total. The van der Waals surface area contributed by atoms with Gasteiger partial charge in [-0.25, -0.2) is 0 Å². The van der Waals surface area contributed by atoms with Crippen LogP contribution in [0.15, 0.2) is 24.3 Å². The van der Waals surface area contributed by atoms with Gasteiger partial charge in [0.15, 0.2) is 11.5 Å². The van der Waals surface area contributed by atoms with Crippen LogP contribution in [0.3, 0.4) is 0 Å². The van der Waals surface area contributed by atoms with Gasteiger partial charge in [-0.15, -0.1) is 11.3 Å². The molecule has 1 aliphatic heterocycles. The van der Waals surface area contributed by atoms with Gasteiger partial charge < -0.3 is 14.8 Å². The zero-order valence-corrected chi connectivity index (χ0v) is 12.4. The molecular weight excluding hydrogens is 308 g/mol. The van der Waals surface area contributed by atoms with Gasteiger partial charge in [0.2, 0.25) is 6.79 Å². The number of nitrogens with zero attached hydrogens (tertiary/aromatic N) is 1. The second-order valence-electron chi connectivity index (χ2n) is 4.68. The van der Waals surface area contributed by atoms with Crippen LogP contribution in [-0.4, -0.2) is 17.6 Å². The molecule has 1 aromatic heterocycles. The van der Waals surface area contributed by atoms with Gasteiger partial charge in [-0.2, -0.15) is 0 Å². The molecule has 2 aromatic rings. The molecular formula is C14H12N2O5S. The van der Waals surface area contributed by atoms with Gasteiger partial charge in [-0.3, -0.25) is 14.9 Å². The average Bonchev–Trinajstić information content (AvgIpc) is 3.10. The van der Waals surface area contributed by atoms with E-state index in [9.17, 15) is 14.9 Å². The van der Waals surface area contributed by atoms with Crippen LogP contribution in [-0.2, 0) is 6.54 Å². The summed E-state index contributed by atoms with van der Waals surface area (Å²) in [5, 5.41) is 13.5. The van der Waals surface area contributed by atoms with Crippen LogP contribution in [0.1, 0.15) is 20.1 Å². The van der Waals surface area contributed by atoms with E-state index >= 15 is 0 Å². The molecule has 0 unspecified atom stereocenters. The van der Waals surface area contributed by atoms with Gasteiger partial charge >= 0.3 is 0 Å². The summed E-state index contributed by atoms with van der Waals surface area (Å²) in [6.45, 7) is 2.13. The number of hydrogen-bond donors (Lipinski definition) is 1.